The highest BCUT2D eigenvalue weighted by Gasteiger charge is 2.35. The number of allylic oxidation sites excluding steroid dienone is 10. The largest absolute Gasteiger partial charge is 0.459 e. The number of cyclic esters (lactones) is 1. The van der Waals surface area contributed by atoms with E-state index in [1.165, 1.54) is 19.1 Å². The zero-order valence-corrected chi connectivity index (χ0v) is 28.6. The van der Waals surface area contributed by atoms with Crippen LogP contribution in [0.2, 0.25) is 0 Å². The Morgan fingerprint density at radius 1 is 0.913 bits per heavy atom. The number of carbonyl (C=O) groups is 3. The van der Waals surface area contributed by atoms with Gasteiger partial charge in [0.2, 0.25) is 0 Å². The van der Waals surface area contributed by atoms with E-state index in [1.54, 1.807) is 55.5 Å². The van der Waals surface area contributed by atoms with E-state index < -0.39 is 52.3 Å². The quantitative estimate of drug-likeness (QED) is 0.255. The Hall–Kier alpha value is -2.96. The topological polar surface area (TPSA) is 164 Å². The molecule has 7 atom stereocenters. The normalized spacial score (nSPS) is 29.3. The molecule has 0 aliphatic carbocycles. The van der Waals surface area contributed by atoms with Gasteiger partial charge >= 0.3 is 16.4 Å². The summed E-state index contributed by atoms with van der Waals surface area (Å²) in [6.45, 7) is 11.0. The lowest BCUT2D eigenvalue weighted by Gasteiger charge is -2.25. The number of Topliss-reactive ketones (excluding diaryl/α,β-unsaturated/α-hetero) is 1. The molecule has 46 heavy (non-hydrogen) atoms. The predicted octanol–water partition coefficient (Wildman–Crippen LogP) is 5.59. The Bertz CT molecular complexity index is 1270. The monoisotopic (exact) mass is 664 g/mol. The molecule has 0 spiro atoms. The molecular weight excluding hydrogens is 612 g/mol. The van der Waals surface area contributed by atoms with Crippen molar-refractivity contribution in [3.8, 4) is 0 Å². The van der Waals surface area contributed by atoms with Crippen LogP contribution in [0.1, 0.15) is 80.1 Å². The fraction of sp³-hybridized carbons (Fsp3) is 0.571. The number of carbonyl (C=O) groups excluding carboxylic acids is 3. The van der Waals surface area contributed by atoms with Crippen LogP contribution >= 0.6 is 0 Å². The van der Waals surface area contributed by atoms with Crippen LogP contribution < -0.4 is 0 Å². The van der Waals surface area contributed by atoms with E-state index in [0.717, 1.165) is 5.57 Å². The van der Waals surface area contributed by atoms with Gasteiger partial charge in [0.25, 0.3) is 0 Å². The van der Waals surface area contributed by atoms with E-state index >= 15 is 0 Å². The van der Waals surface area contributed by atoms with Gasteiger partial charge in [0.05, 0.1) is 6.10 Å². The van der Waals surface area contributed by atoms with E-state index in [4.69, 9.17) is 4.74 Å². The van der Waals surface area contributed by atoms with Gasteiger partial charge in [-0.25, -0.2) is 8.98 Å². The van der Waals surface area contributed by atoms with Crippen LogP contribution in [0.25, 0.3) is 0 Å². The Morgan fingerprint density at radius 2 is 1.54 bits per heavy atom. The lowest BCUT2D eigenvalue weighted by molar-refractivity contribution is -0.145. The van der Waals surface area contributed by atoms with Crippen molar-refractivity contribution in [2.24, 2.45) is 23.7 Å². The Labute approximate surface area is 274 Å². The van der Waals surface area contributed by atoms with Gasteiger partial charge in [0.15, 0.2) is 11.6 Å². The standard InChI is InChI=1S/C35H52O10S/c1-24(2)22-32-27(5)23-25(3)18-20-29(36)26(4)19-21-30(37)28(6)34(39)35(40)31(45-46(41,42)43)16-14-12-10-8-7-9-11-13-15-17-33(38)44-32/h7-11,13,15,17-18,20,23-24,26-28,30-32,35,37,40H,12,14,16,19,21-22H2,1-6H3,(H,41,42,43). The minimum absolute atomic E-state index is 0.0626. The van der Waals surface area contributed by atoms with E-state index in [-0.39, 0.29) is 37.1 Å². The lowest BCUT2D eigenvalue weighted by Crippen LogP contribution is -2.43. The van der Waals surface area contributed by atoms with Crippen molar-refractivity contribution in [2.75, 3.05) is 0 Å². The van der Waals surface area contributed by atoms with Crippen LogP contribution in [0.4, 0.5) is 0 Å². The third-order valence-corrected chi connectivity index (χ3v) is 8.16. The number of esters is 1. The molecule has 0 aromatic heterocycles. The number of hydrogen-bond acceptors (Lipinski definition) is 9. The number of ketones is 2. The van der Waals surface area contributed by atoms with Gasteiger partial charge in [0, 0.05) is 23.8 Å². The SMILES string of the molecule is CC1=CC(C)C(CC(C)C)OC(=O)C=CC=CC=CC=CCCCC(OS(=O)(=O)O)C(O)C(=O)C(C)C(O)CCC(C)C(=O)C=C1. The van der Waals surface area contributed by atoms with Gasteiger partial charge in [-0.05, 0) is 57.4 Å². The minimum Gasteiger partial charge on any atom is -0.459 e. The second kappa shape index (κ2) is 21.0. The molecule has 1 aliphatic heterocycles. The first-order valence-electron chi connectivity index (χ1n) is 15.8. The van der Waals surface area contributed by atoms with E-state index in [0.29, 0.717) is 25.2 Å². The number of hydrogen-bond donors (Lipinski definition) is 3. The molecule has 7 unspecified atom stereocenters. The maximum atomic E-state index is 13.0. The maximum Gasteiger partial charge on any atom is 0.397 e. The van der Waals surface area contributed by atoms with E-state index in [9.17, 15) is 37.6 Å². The average molecular weight is 665 g/mol. The van der Waals surface area contributed by atoms with Crippen molar-refractivity contribution in [3.63, 3.8) is 0 Å². The van der Waals surface area contributed by atoms with E-state index in [1.807, 2.05) is 19.9 Å². The van der Waals surface area contributed by atoms with Gasteiger partial charge in [-0.15, -0.1) is 0 Å². The van der Waals surface area contributed by atoms with Crippen LogP contribution in [0.5, 0.6) is 0 Å². The molecule has 1 aliphatic rings. The zero-order chi connectivity index (χ0) is 34.9. The first-order chi connectivity index (χ1) is 21.5. The minimum atomic E-state index is -4.96. The molecule has 1 rings (SSSR count). The molecule has 0 aromatic rings. The molecule has 0 fully saturated rings. The molecule has 10 nitrogen and oxygen atoms in total. The summed E-state index contributed by atoms with van der Waals surface area (Å²) in [6, 6.07) is 0. The van der Waals surface area contributed by atoms with Gasteiger partial charge in [0.1, 0.15) is 18.3 Å². The van der Waals surface area contributed by atoms with Crippen LogP contribution in [-0.2, 0) is 33.7 Å². The van der Waals surface area contributed by atoms with Crippen LogP contribution in [0.3, 0.4) is 0 Å². The molecule has 1 heterocycles. The first-order valence-corrected chi connectivity index (χ1v) is 17.2. The molecule has 0 radical (unpaired) electrons. The molecule has 11 heteroatoms. The predicted molar refractivity (Wildman–Crippen MR) is 178 cm³/mol. The van der Waals surface area contributed by atoms with Crippen LogP contribution in [-0.4, -0.2) is 65.1 Å². The molecule has 0 amide bonds. The van der Waals surface area contributed by atoms with Crippen molar-refractivity contribution in [1.82, 2.24) is 0 Å². The second-order valence-electron chi connectivity index (χ2n) is 12.3. The molecule has 0 saturated carbocycles. The van der Waals surface area contributed by atoms with Gasteiger partial charge in [-0.2, -0.15) is 8.42 Å². The smallest absolute Gasteiger partial charge is 0.397 e. The van der Waals surface area contributed by atoms with Gasteiger partial charge in [-0.1, -0.05) is 94.9 Å². The summed E-state index contributed by atoms with van der Waals surface area (Å²) >= 11 is 0. The summed E-state index contributed by atoms with van der Waals surface area (Å²) in [7, 11) is -4.96. The Kier molecular flexibility index (Phi) is 18.8. The highest BCUT2D eigenvalue weighted by atomic mass is 32.3. The van der Waals surface area contributed by atoms with Crippen molar-refractivity contribution in [3.05, 3.63) is 72.4 Å². The number of rotatable bonds is 4. The van der Waals surface area contributed by atoms with Gasteiger partial charge in [-0.3, -0.25) is 14.1 Å². The fourth-order valence-corrected chi connectivity index (χ4v) is 5.36. The summed E-state index contributed by atoms with van der Waals surface area (Å²) in [5.41, 5.74) is 0.820. The molecule has 258 valence electrons. The summed E-state index contributed by atoms with van der Waals surface area (Å²) in [6.07, 6.45) is 15.2. The first kappa shape index (κ1) is 41.1. The zero-order valence-electron chi connectivity index (χ0n) is 27.8. The highest BCUT2D eigenvalue weighted by Crippen LogP contribution is 2.22. The lowest BCUT2D eigenvalue weighted by atomic mass is 9.88. The van der Waals surface area contributed by atoms with Crippen LogP contribution in [0, 0.1) is 23.7 Å². The molecular formula is C35H52O10S. The molecule has 0 bridgehead atoms. The summed E-state index contributed by atoms with van der Waals surface area (Å²) in [5, 5.41) is 21.3. The van der Waals surface area contributed by atoms with E-state index in [2.05, 4.69) is 18.0 Å². The number of aliphatic hydroxyl groups excluding tert-OH is 2. The molecule has 3 N–H and O–H groups in total. The van der Waals surface area contributed by atoms with Crippen molar-refractivity contribution in [2.45, 2.75) is 104 Å². The maximum absolute atomic E-state index is 13.0. The number of ether oxygens (including phenoxy) is 1. The summed E-state index contributed by atoms with van der Waals surface area (Å²) < 4.78 is 42.4. The third kappa shape index (κ3) is 17.1. The number of aliphatic hydroxyl groups is 2. The van der Waals surface area contributed by atoms with Crippen LogP contribution in [0.15, 0.2) is 72.4 Å². The molecule has 0 saturated heterocycles. The van der Waals surface area contributed by atoms with Crippen molar-refractivity contribution in [1.29, 1.82) is 0 Å². The Morgan fingerprint density at radius 3 is 2.17 bits per heavy atom. The molecule has 0 aromatic carbocycles. The summed E-state index contributed by atoms with van der Waals surface area (Å²) in [5.74, 6) is -2.82. The fourth-order valence-electron chi connectivity index (χ4n) is 4.85. The Balaban J connectivity index is 3.23. The second-order valence-corrected chi connectivity index (χ2v) is 13.4. The average Bonchev–Trinajstić information content (AvgIpc) is 2.97. The van der Waals surface area contributed by atoms with Crippen molar-refractivity contribution < 1.29 is 46.5 Å². The van der Waals surface area contributed by atoms with Gasteiger partial charge < -0.3 is 14.9 Å². The third-order valence-electron chi connectivity index (χ3n) is 7.67. The van der Waals surface area contributed by atoms with Crippen molar-refractivity contribution >= 4 is 27.9 Å². The summed E-state index contributed by atoms with van der Waals surface area (Å²) in [4.78, 5) is 38.3. The highest BCUT2D eigenvalue weighted by molar-refractivity contribution is 7.80.